The molecule has 1 fully saturated rings. The summed E-state index contributed by atoms with van der Waals surface area (Å²) in [6, 6.07) is 1.88. The highest BCUT2D eigenvalue weighted by Gasteiger charge is 2.26. The number of aromatic nitrogens is 1. The van der Waals surface area contributed by atoms with Crippen LogP contribution in [0.3, 0.4) is 0 Å². The van der Waals surface area contributed by atoms with Crippen LogP contribution in [-0.2, 0) is 4.74 Å². The largest absolute Gasteiger partial charge is 0.474 e. The Morgan fingerprint density at radius 2 is 2.00 bits per heavy atom. The Morgan fingerprint density at radius 3 is 2.60 bits per heavy atom. The lowest BCUT2D eigenvalue weighted by Gasteiger charge is -2.28. The number of halogens is 3. The van der Waals surface area contributed by atoms with Gasteiger partial charge in [-0.15, -0.1) is 0 Å². The van der Waals surface area contributed by atoms with Crippen molar-refractivity contribution in [3.05, 3.63) is 16.2 Å². The van der Waals surface area contributed by atoms with Crippen LogP contribution < -0.4 is 4.74 Å². The lowest BCUT2D eigenvalue weighted by atomic mass is 9.95. The van der Waals surface area contributed by atoms with Crippen molar-refractivity contribution in [1.29, 1.82) is 0 Å². The van der Waals surface area contributed by atoms with Crippen molar-refractivity contribution in [2.45, 2.75) is 58.4 Å². The van der Waals surface area contributed by atoms with E-state index in [0.717, 1.165) is 22.4 Å². The van der Waals surface area contributed by atoms with Crippen molar-refractivity contribution < 1.29 is 18.3 Å². The Bertz CT molecular complexity index is 594. The SMILES string of the molecule is CCN(C)/C=N/c1cc(Br)c(O[C@H]2CC[C@@H](OC(F)F)CC2)nc1C. The van der Waals surface area contributed by atoms with Gasteiger partial charge >= 0.3 is 6.61 Å². The maximum atomic E-state index is 12.2. The third-order valence-electron chi connectivity index (χ3n) is 4.20. The maximum Gasteiger partial charge on any atom is 0.345 e. The van der Waals surface area contributed by atoms with Crippen LogP contribution in [-0.4, -0.2) is 48.6 Å². The van der Waals surface area contributed by atoms with Crippen LogP contribution in [0.2, 0.25) is 0 Å². The summed E-state index contributed by atoms with van der Waals surface area (Å²) in [4.78, 5) is 10.9. The van der Waals surface area contributed by atoms with E-state index in [1.54, 1.807) is 6.34 Å². The Labute approximate surface area is 155 Å². The minimum atomic E-state index is -2.71. The number of alkyl halides is 2. The molecule has 0 unspecified atom stereocenters. The van der Waals surface area contributed by atoms with E-state index in [0.29, 0.717) is 31.6 Å². The van der Waals surface area contributed by atoms with E-state index in [-0.39, 0.29) is 12.2 Å². The molecule has 5 nitrogen and oxygen atoms in total. The van der Waals surface area contributed by atoms with Gasteiger partial charge in [0.15, 0.2) is 0 Å². The Morgan fingerprint density at radius 1 is 1.36 bits per heavy atom. The van der Waals surface area contributed by atoms with Gasteiger partial charge in [-0.3, -0.25) is 0 Å². The van der Waals surface area contributed by atoms with Gasteiger partial charge in [0.05, 0.1) is 28.3 Å². The number of aryl methyl sites for hydroxylation is 1. The smallest absolute Gasteiger partial charge is 0.345 e. The predicted octanol–water partition coefficient (Wildman–Crippen LogP) is 4.69. The van der Waals surface area contributed by atoms with E-state index < -0.39 is 6.61 Å². The summed E-state index contributed by atoms with van der Waals surface area (Å²) in [6.45, 7) is 2.09. The molecule has 1 aromatic rings. The van der Waals surface area contributed by atoms with E-state index in [1.807, 2.05) is 31.9 Å². The van der Waals surface area contributed by atoms with Crippen molar-refractivity contribution in [2.24, 2.45) is 4.99 Å². The van der Waals surface area contributed by atoms with E-state index in [9.17, 15) is 8.78 Å². The maximum absolute atomic E-state index is 12.2. The molecule has 0 spiro atoms. The molecule has 0 aliphatic heterocycles. The first kappa shape index (κ1) is 20.0. The lowest BCUT2D eigenvalue weighted by molar-refractivity contribution is -0.173. The van der Waals surface area contributed by atoms with Crippen LogP contribution in [0.5, 0.6) is 5.88 Å². The minimum Gasteiger partial charge on any atom is -0.474 e. The van der Waals surface area contributed by atoms with E-state index in [4.69, 9.17) is 4.74 Å². The first-order valence-electron chi connectivity index (χ1n) is 8.40. The molecule has 0 N–H and O–H groups in total. The number of hydrogen-bond acceptors (Lipinski definition) is 4. The van der Waals surface area contributed by atoms with Crippen LogP contribution in [0, 0.1) is 6.92 Å². The van der Waals surface area contributed by atoms with Crippen molar-refractivity contribution in [1.82, 2.24) is 9.88 Å². The van der Waals surface area contributed by atoms with Crippen LogP contribution >= 0.6 is 15.9 Å². The normalized spacial score (nSPS) is 21.1. The summed E-state index contributed by atoms with van der Waals surface area (Å²) in [7, 11) is 1.95. The zero-order valence-electron chi connectivity index (χ0n) is 14.7. The molecule has 140 valence electrons. The molecular formula is C17H24BrF2N3O2. The van der Waals surface area contributed by atoms with Gasteiger partial charge in [0.25, 0.3) is 0 Å². The zero-order chi connectivity index (χ0) is 18.4. The average molecular weight is 420 g/mol. The quantitative estimate of drug-likeness (QED) is 0.474. The summed E-state index contributed by atoms with van der Waals surface area (Å²) >= 11 is 3.48. The van der Waals surface area contributed by atoms with Gasteiger partial charge < -0.3 is 14.4 Å². The van der Waals surface area contributed by atoms with Crippen molar-refractivity contribution in [3.8, 4) is 5.88 Å². The second kappa shape index (κ2) is 9.43. The molecule has 0 aromatic carbocycles. The summed E-state index contributed by atoms with van der Waals surface area (Å²) in [5.41, 5.74) is 1.54. The number of rotatable bonds is 7. The topological polar surface area (TPSA) is 47.0 Å². The van der Waals surface area contributed by atoms with Gasteiger partial charge in [-0.25, -0.2) is 9.98 Å². The molecule has 2 rings (SSSR count). The molecule has 8 heteroatoms. The number of pyridine rings is 1. The zero-order valence-corrected chi connectivity index (χ0v) is 16.3. The average Bonchev–Trinajstić information content (AvgIpc) is 2.57. The van der Waals surface area contributed by atoms with E-state index >= 15 is 0 Å². The van der Waals surface area contributed by atoms with Gasteiger partial charge in [-0.1, -0.05) is 0 Å². The standard InChI is InChI=1S/C17H24BrF2N3O2/c1-4-23(3)10-21-15-9-14(18)16(22-11(15)2)24-12-5-7-13(8-6-12)25-17(19)20/h9-10,12-13,17H,4-8H2,1-3H3/b21-10+/t12-,13+. The van der Waals surface area contributed by atoms with Crippen LogP contribution in [0.15, 0.2) is 15.5 Å². The molecule has 25 heavy (non-hydrogen) atoms. The molecule has 0 saturated heterocycles. The summed E-state index contributed by atoms with van der Waals surface area (Å²) in [5.74, 6) is 0.513. The molecular weight excluding hydrogens is 396 g/mol. The Kier molecular flexibility index (Phi) is 7.56. The summed E-state index contributed by atoms with van der Waals surface area (Å²) < 4.78 is 35.8. The van der Waals surface area contributed by atoms with E-state index in [1.165, 1.54) is 0 Å². The van der Waals surface area contributed by atoms with Gasteiger partial charge in [0, 0.05) is 13.6 Å². The summed E-state index contributed by atoms with van der Waals surface area (Å²) in [5, 5.41) is 0. The fourth-order valence-corrected chi connectivity index (χ4v) is 2.99. The van der Waals surface area contributed by atoms with Crippen LogP contribution in [0.4, 0.5) is 14.5 Å². The second-order valence-electron chi connectivity index (χ2n) is 6.11. The molecule has 1 heterocycles. The molecule has 1 aromatic heterocycles. The summed E-state index contributed by atoms with van der Waals surface area (Å²) in [6.07, 6.45) is 3.82. The highest BCUT2D eigenvalue weighted by atomic mass is 79.9. The molecule has 1 aliphatic carbocycles. The molecule has 0 bridgehead atoms. The number of ether oxygens (including phenoxy) is 2. The number of nitrogens with zero attached hydrogens (tertiary/aromatic N) is 3. The fraction of sp³-hybridized carbons (Fsp3) is 0.647. The second-order valence-corrected chi connectivity index (χ2v) is 6.97. The first-order valence-corrected chi connectivity index (χ1v) is 9.20. The van der Waals surface area contributed by atoms with E-state index in [2.05, 4.69) is 30.6 Å². The number of hydrogen-bond donors (Lipinski definition) is 0. The lowest BCUT2D eigenvalue weighted by Crippen LogP contribution is -2.29. The van der Waals surface area contributed by atoms with Gasteiger partial charge in [0.2, 0.25) is 5.88 Å². The third-order valence-corrected chi connectivity index (χ3v) is 4.76. The monoisotopic (exact) mass is 419 g/mol. The molecule has 0 amide bonds. The molecule has 0 radical (unpaired) electrons. The van der Waals surface area contributed by atoms with Gasteiger partial charge in [-0.2, -0.15) is 8.78 Å². The predicted molar refractivity (Wildman–Crippen MR) is 96.9 cm³/mol. The van der Waals surface area contributed by atoms with Crippen LogP contribution in [0.1, 0.15) is 38.3 Å². The fourth-order valence-electron chi connectivity index (χ4n) is 2.59. The van der Waals surface area contributed by atoms with Gasteiger partial charge in [0.1, 0.15) is 6.10 Å². The Hall–Kier alpha value is -1.28. The van der Waals surface area contributed by atoms with Crippen molar-refractivity contribution in [2.75, 3.05) is 13.6 Å². The minimum absolute atomic E-state index is 0.0405. The highest BCUT2D eigenvalue weighted by molar-refractivity contribution is 9.10. The molecule has 1 saturated carbocycles. The van der Waals surface area contributed by atoms with Crippen molar-refractivity contribution in [3.63, 3.8) is 0 Å². The highest BCUT2D eigenvalue weighted by Crippen LogP contribution is 2.33. The van der Waals surface area contributed by atoms with Gasteiger partial charge in [-0.05, 0) is 61.5 Å². The number of aliphatic imine (C=N–C) groups is 1. The molecule has 0 atom stereocenters. The third kappa shape index (κ3) is 6.18. The van der Waals surface area contributed by atoms with Crippen molar-refractivity contribution >= 4 is 28.0 Å². The first-order chi connectivity index (χ1) is 11.9. The Balaban J connectivity index is 1.97. The molecule has 1 aliphatic rings. The van der Waals surface area contributed by atoms with Crippen LogP contribution in [0.25, 0.3) is 0 Å².